The number of amides is 1. The number of nitrogens with zero attached hydrogens (tertiary/aromatic N) is 4. The first kappa shape index (κ1) is 12.0. The Bertz CT molecular complexity index is 509. The summed E-state index contributed by atoms with van der Waals surface area (Å²) >= 11 is 0. The summed E-state index contributed by atoms with van der Waals surface area (Å²) in [7, 11) is 1.76. The van der Waals surface area contributed by atoms with Crippen molar-refractivity contribution >= 4 is 17.7 Å². The molecule has 2 saturated heterocycles. The Morgan fingerprint density at radius 1 is 1.42 bits per heavy atom. The Morgan fingerprint density at radius 3 is 2.95 bits per heavy atom. The molecule has 3 heterocycles. The number of rotatable bonds is 1. The van der Waals surface area contributed by atoms with Crippen LogP contribution in [-0.2, 0) is 4.74 Å². The number of anilines is 2. The van der Waals surface area contributed by atoms with E-state index in [2.05, 4.69) is 14.9 Å². The van der Waals surface area contributed by atoms with E-state index in [0.29, 0.717) is 18.9 Å². The van der Waals surface area contributed by atoms with Gasteiger partial charge in [-0.05, 0) is 12.8 Å². The lowest BCUT2D eigenvalue weighted by Gasteiger charge is -2.38. The molecule has 1 spiro atoms. The Morgan fingerprint density at radius 2 is 2.26 bits per heavy atom. The summed E-state index contributed by atoms with van der Waals surface area (Å²) in [6, 6.07) is 0. The van der Waals surface area contributed by atoms with Crippen molar-refractivity contribution in [2.24, 2.45) is 0 Å². The van der Waals surface area contributed by atoms with Gasteiger partial charge in [0, 0.05) is 13.6 Å². The van der Waals surface area contributed by atoms with Gasteiger partial charge in [-0.25, -0.2) is 9.78 Å². The van der Waals surface area contributed by atoms with Crippen LogP contribution < -0.4 is 10.6 Å². The number of carbonyl (C=O) groups is 1. The molecule has 0 aliphatic carbocycles. The number of nitrogens with two attached hydrogens (primary N) is 1. The fourth-order valence-corrected chi connectivity index (χ4v) is 2.82. The van der Waals surface area contributed by atoms with E-state index >= 15 is 0 Å². The van der Waals surface area contributed by atoms with Gasteiger partial charge in [0.2, 0.25) is 0 Å². The minimum absolute atomic E-state index is 0.250. The number of hydrogen-bond donors (Lipinski definition) is 1. The third kappa shape index (κ3) is 2.16. The van der Waals surface area contributed by atoms with Gasteiger partial charge in [0.15, 0.2) is 0 Å². The number of aromatic nitrogens is 2. The van der Waals surface area contributed by atoms with Crippen molar-refractivity contribution in [2.75, 3.05) is 37.3 Å². The van der Waals surface area contributed by atoms with Crippen molar-refractivity contribution in [1.29, 1.82) is 0 Å². The summed E-state index contributed by atoms with van der Waals surface area (Å²) < 4.78 is 5.55. The maximum Gasteiger partial charge on any atom is 0.410 e. The first-order valence-electron chi connectivity index (χ1n) is 6.35. The molecule has 0 saturated carbocycles. The number of carbonyl (C=O) groups excluding carboxylic acids is 1. The molecule has 2 aliphatic rings. The largest absolute Gasteiger partial charge is 0.439 e. The Balaban J connectivity index is 1.81. The highest BCUT2D eigenvalue weighted by Crippen LogP contribution is 2.32. The maximum atomic E-state index is 11.6. The fraction of sp³-hybridized carbons (Fsp3) is 0.583. The molecule has 1 unspecified atom stereocenters. The van der Waals surface area contributed by atoms with Crippen LogP contribution in [0.4, 0.5) is 16.4 Å². The second kappa shape index (κ2) is 4.25. The summed E-state index contributed by atoms with van der Waals surface area (Å²) in [6.45, 7) is 2.14. The molecule has 2 fully saturated rings. The van der Waals surface area contributed by atoms with Crippen LogP contribution in [0.2, 0.25) is 0 Å². The lowest BCUT2D eigenvalue weighted by molar-refractivity contribution is 0.0445. The summed E-state index contributed by atoms with van der Waals surface area (Å²) in [4.78, 5) is 23.6. The van der Waals surface area contributed by atoms with Gasteiger partial charge < -0.3 is 20.3 Å². The zero-order chi connectivity index (χ0) is 13.5. The van der Waals surface area contributed by atoms with E-state index in [1.807, 2.05) is 0 Å². The van der Waals surface area contributed by atoms with Gasteiger partial charge in [-0.2, -0.15) is 0 Å². The molecule has 2 N–H and O–H groups in total. The van der Waals surface area contributed by atoms with Crippen LogP contribution in [0.25, 0.3) is 0 Å². The molecule has 3 rings (SSSR count). The van der Waals surface area contributed by atoms with Gasteiger partial charge in [-0.1, -0.05) is 0 Å². The number of likely N-dealkylation sites (N-methyl/N-ethyl adjacent to an activating group) is 1. The highest BCUT2D eigenvalue weighted by atomic mass is 16.6. The predicted molar refractivity (Wildman–Crippen MR) is 69.7 cm³/mol. The van der Waals surface area contributed by atoms with Gasteiger partial charge in [0.05, 0.1) is 25.5 Å². The third-order valence-corrected chi connectivity index (χ3v) is 3.64. The van der Waals surface area contributed by atoms with Crippen LogP contribution in [0, 0.1) is 0 Å². The number of nitrogen functional groups attached to an aromatic ring is 1. The summed E-state index contributed by atoms with van der Waals surface area (Å²) in [5, 5.41) is 0. The molecule has 7 heteroatoms. The van der Waals surface area contributed by atoms with Crippen molar-refractivity contribution in [2.45, 2.75) is 18.4 Å². The van der Waals surface area contributed by atoms with Crippen LogP contribution in [0.15, 0.2) is 12.4 Å². The average molecular weight is 263 g/mol. The highest BCUT2D eigenvalue weighted by Gasteiger charge is 2.46. The van der Waals surface area contributed by atoms with Crippen molar-refractivity contribution in [3.63, 3.8) is 0 Å². The third-order valence-electron chi connectivity index (χ3n) is 3.64. The van der Waals surface area contributed by atoms with Gasteiger partial charge in [0.25, 0.3) is 0 Å². The quantitative estimate of drug-likeness (QED) is 0.793. The van der Waals surface area contributed by atoms with Gasteiger partial charge in [0.1, 0.15) is 17.2 Å². The van der Waals surface area contributed by atoms with Gasteiger partial charge in [-0.15, -0.1) is 0 Å². The molecule has 0 bridgehead atoms. The Hall–Kier alpha value is -2.05. The van der Waals surface area contributed by atoms with Crippen molar-refractivity contribution < 1.29 is 9.53 Å². The highest BCUT2D eigenvalue weighted by molar-refractivity contribution is 5.70. The zero-order valence-corrected chi connectivity index (χ0v) is 10.9. The molecule has 1 amide bonds. The lowest BCUT2D eigenvalue weighted by atomic mass is 9.93. The van der Waals surface area contributed by atoms with E-state index in [9.17, 15) is 4.79 Å². The van der Waals surface area contributed by atoms with Crippen molar-refractivity contribution in [3.8, 4) is 0 Å². The molecule has 1 aromatic heterocycles. The molecule has 7 nitrogen and oxygen atoms in total. The molecule has 0 aromatic carbocycles. The monoisotopic (exact) mass is 263 g/mol. The second-order valence-corrected chi connectivity index (χ2v) is 5.23. The number of hydrogen-bond acceptors (Lipinski definition) is 6. The van der Waals surface area contributed by atoms with E-state index in [1.165, 1.54) is 6.20 Å². The molecular formula is C12H17N5O2. The topological polar surface area (TPSA) is 84.6 Å². The first-order valence-corrected chi connectivity index (χ1v) is 6.35. The van der Waals surface area contributed by atoms with Crippen LogP contribution in [0.1, 0.15) is 12.8 Å². The van der Waals surface area contributed by atoms with Crippen LogP contribution in [0.5, 0.6) is 0 Å². The van der Waals surface area contributed by atoms with Gasteiger partial charge >= 0.3 is 6.09 Å². The fourth-order valence-electron chi connectivity index (χ4n) is 2.82. The van der Waals surface area contributed by atoms with E-state index in [0.717, 1.165) is 25.2 Å². The van der Waals surface area contributed by atoms with Crippen LogP contribution in [0.3, 0.4) is 0 Å². The second-order valence-electron chi connectivity index (χ2n) is 5.23. The van der Waals surface area contributed by atoms with Crippen LogP contribution in [-0.4, -0.2) is 53.2 Å². The Labute approximate surface area is 111 Å². The molecule has 1 atom stereocenters. The molecular weight excluding hydrogens is 246 g/mol. The van der Waals surface area contributed by atoms with Gasteiger partial charge in [-0.3, -0.25) is 4.98 Å². The van der Waals surface area contributed by atoms with Crippen LogP contribution >= 0.6 is 0 Å². The van der Waals surface area contributed by atoms with E-state index in [4.69, 9.17) is 10.5 Å². The standard InChI is InChI=1S/C12H17N5O2/c1-16-7-12(19-11(16)18)3-2-4-17(8-12)10-6-14-5-9(13)15-10/h5-6H,2-4,7-8H2,1H3,(H2,13,15). The van der Waals surface area contributed by atoms with E-state index < -0.39 is 5.60 Å². The molecule has 1 aromatic rings. The lowest BCUT2D eigenvalue weighted by Crippen LogP contribution is -2.50. The summed E-state index contributed by atoms with van der Waals surface area (Å²) in [5.41, 5.74) is 5.24. The normalized spacial score (nSPS) is 26.9. The van der Waals surface area contributed by atoms with Crippen molar-refractivity contribution in [3.05, 3.63) is 12.4 Å². The Kier molecular flexibility index (Phi) is 2.69. The van der Waals surface area contributed by atoms with E-state index in [-0.39, 0.29) is 6.09 Å². The number of piperidine rings is 1. The minimum atomic E-state index is -0.420. The number of ether oxygens (including phenoxy) is 1. The summed E-state index contributed by atoms with van der Waals surface area (Å²) in [5.74, 6) is 1.14. The maximum absolute atomic E-state index is 11.6. The molecule has 0 radical (unpaired) electrons. The SMILES string of the molecule is CN1CC2(CCCN(c3cncc(N)n3)C2)OC1=O. The first-order chi connectivity index (χ1) is 9.08. The smallest absolute Gasteiger partial charge is 0.410 e. The molecule has 2 aliphatic heterocycles. The van der Waals surface area contributed by atoms with E-state index in [1.54, 1.807) is 18.1 Å². The molecule has 19 heavy (non-hydrogen) atoms. The predicted octanol–water partition coefficient (Wildman–Crippen LogP) is 0.480. The average Bonchev–Trinajstić information content (AvgIpc) is 2.64. The molecule has 102 valence electrons. The van der Waals surface area contributed by atoms with Crippen molar-refractivity contribution in [1.82, 2.24) is 14.9 Å². The zero-order valence-electron chi connectivity index (χ0n) is 10.9. The summed E-state index contributed by atoms with van der Waals surface area (Å²) in [6.07, 6.45) is 4.80. The minimum Gasteiger partial charge on any atom is -0.439 e.